The highest BCUT2D eigenvalue weighted by molar-refractivity contribution is 7.89. The van der Waals surface area contributed by atoms with Gasteiger partial charge in [-0.25, -0.2) is 8.42 Å². The number of rotatable bonds is 8. The summed E-state index contributed by atoms with van der Waals surface area (Å²) in [6.45, 7) is 4.06. The predicted octanol–water partition coefficient (Wildman–Crippen LogP) is 3.54. The van der Waals surface area contributed by atoms with E-state index in [0.717, 1.165) is 22.3 Å². The molecule has 0 bridgehead atoms. The van der Waals surface area contributed by atoms with Gasteiger partial charge in [0.15, 0.2) is 11.5 Å². The van der Waals surface area contributed by atoms with Crippen molar-refractivity contribution in [2.24, 2.45) is 0 Å². The molecular weight excluding hydrogens is 440 g/mol. The number of benzene rings is 3. The second kappa shape index (κ2) is 9.64. The van der Waals surface area contributed by atoms with Crippen molar-refractivity contribution in [1.29, 1.82) is 0 Å². The summed E-state index contributed by atoms with van der Waals surface area (Å²) in [6.07, 6.45) is 0. The molecule has 0 radical (unpaired) electrons. The molecule has 0 spiro atoms. The Morgan fingerprint density at radius 3 is 2.42 bits per heavy atom. The van der Waals surface area contributed by atoms with Gasteiger partial charge in [0, 0.05) is 13.1 Å². The molecule has 0 fully saturated rings. The van der Waals surface area contributed by atoms with Gasteiger partial charge in [-0.15, -0.1) is 0 Å². The zero-order valence-corrected chi connectivity index (χ0v) is 19.4. The normalized spacial score (nSPS) is 12.7. The molecule has 1 amide bonds. The number of nitrogens with zero attached hydrogens (tertiary/aromatic N) is 1. The Bertz CT molecular complexity index is 1260. The summed E-state index contributed by atoms with van der Waals surface area (Å²) < 4.78 is 38.6. The van der Waals surface area contributed by atoms with Gasteiger partial charge in [0.1, 0.15) is 0 Å². The minimum atomic E-state index is -3.88. The molecule has 1 N–H and O–H groups in total. The van der Waals surface area contributed by atoms with Gasteiger partial charge < -0.3 is 14.8 Å². The van der Waals surface area contributed by atoms with Crippen molar-refractivity contribution >= 4 is 15.9 Å². The topological polar surface area (TPSA) is 84.9 Å². The maximum atomic E-state index is 13.4. The van der Waals surface area contributed by atoms with E-state index in [-0.39, 0.29) is 31.3 Å². The van der Waals surface area contributed by atoms with Crippen LogP contribution in [0.25, 0.3) is 0 Å². The third-order valence-corrected chi connectivity index (χ3v) is 7.15. The molecule has 0 unspecified atom stereocenters. The highest BCUT2D eigenvalue weighted by Gasteiger charge is 2.27. The summed E-state index contributed by atoms with van der Waals surface area (Å²) in [5.74, 6) is 0.902. The number of sulfonamides is 1. The van der Waals surface area contributed by atoms with E-state index in [0.29, 0.717) is 11.5 Å². The van der Waals surface area contributed by atoms with Gasteiger partial charge in [-0.3, -0.25) is 4.79 Å². The van der Waals surface area contributed by atoms with Crippen LogP contribution in [0.2, 0.25) is 0 Å². The molecule has 0 aromatic heterocycles. The summed E-state index contributed by atoms with van der Waals surface area (Å²) in [5.41, 5.74) is 3.63. The number of aryl methyl sites for hydroxylation is 2. The number of amides is 1. The lowest BCUT2D eigenvalue weighted by molar-refractivity contribution is -0.121. The predicted molar refractivity (Wildman–Crippen MR) is 124 cm³/mol. The van der Waals surface area contributed by atoms with E-state index in [1.165, 1.54) is 4.31 Å². The van der Waals surface area contributed by atoms with Crippen molar-refractivity contribution in [3.8, 4) is 11.5 Å². The van der Waals surface area contributed by atoms with E-state index in [1.807, 2.05) is 44.2 Å². The Balaban J connectivity index is 1.51. The van der Waals surface area contributed by atoms with Crippen LogP contribution in [0.3, 0.4) is 0 Å². The summed E-state index contributed by atoms with van der Waals surface area (Å²) in [6, 6.07) is 19.7. The van der Waals surface area contributed by atoms with E-state index in [9.17, 15) is 13.2 Å². The van der Waals surface area contributed by atoms with Gasteiger partial charge in [-0.1, -0.05) is 53.6 Å². The number of ether oxygens (including phenoxy) is 2. The van der Waals surface area contributed by atoms with Crippen molar-refractivity contribution in [2.45, 2.75) is 31.8 Å². The van der Waals surface area contributed by atoms with Crippen molar-refractivity contribution < 1.29 is 22.7 Å². The first-order valence-electron chi connectivity index (χ1n) is 10.6. The summed E-state index contributed by atoms with van der Waals surface area (Å²) in [4.78, 5) is 12.9. The fraction of sp³-hybridized carbons (Fsp3) is 0.240. The lowest BCUT2D eigenvalue weighted by Gasteiger charge is -2.22. The quantitative estimate of drug-likeness (QED) is 0.549. The maximum absolute atomic E-state index is 13.4. The van der Waals surface area contributed by atoms with Crippen LogP contribution in [0.4, 0.5) is 0 Å². The van der Waals surface area contributed by atoms with E-state index in [2.05, 4.69) is 5.32 Å². The molecule has 0 saturated carbocycles. The van der Waals surface area contributed by atoms with Crippen LogP contribution < -0.4 is 14.8 Å². The van der Waals surface area contributed by atoms with Crippen LogP contribution in [0.15, 0.2) is 71.6 Å². The fourth-order valence-electron chi connectivity index (χ4n) is 3.57. The van der Waals surface area contributed by atoms with Crippen LogP contribution >= 0.6 is 0 Å². The minimum absolute atomic E-state index is 0.0926. The highest BCUT2D eigenvalue weighted by Crippen LogP contribution is 2.32. The van der Waals surface area contributed by atoms with Crippen LogP contribution in [-0.4, -0.2) is 32.0 Å². The molecule has 7 nitrogen and oxygen atoms in total. The average molecular weight is 467 g/mol. The molecule has 3 aromatic rings. The smallest absolute Gasteiger partial charge is 0.243 e. The van der Waals surface area contributed by atoms with Crippen molar-refractivity contribution in [3.05, 3.63) is 89.0 Å². The van der Waals surface area contributed by atoms with Crippen molar-refractivity contribution in [3.63, 3.8) is 0 Å². The Morgan fingerprint density at radius 1 is 0.909 bits per heavy atom. The first-order valence-corrected chi connectivity index (χ1v) is 12.0. The molecule has 0 atom stereocenters. The molecule has 33 heavy (non-hydrogen) atoms. The lowest BCUT2D eigenvalue weighted by Crippen LogP contribution is -2.40. The van der Waals surface area contributed by atoms with Crippen LogP contribution in [0.1, 0.15) is 22.3 Å². The number of hydrogen-bond acceptors (Lipinski definition) is 5. The zero-order chi connectivity index (χ0) is 23.4. The molecule has 1 aliphatic heterocycles. The second-order valence-electron chi connectivity index (χ2n) is 8.04. The summed E-state index contributed by atoms with van der Waals surface area (Å²) >= 11 is 0. The van der Waals surface area contributed by atoms with E-state index in [4.69, 9.17) is 9.47 Å². The van der Waals surface area contributed by atoms with Gasteiger partial charge in [0.25, 0.3) is 0 Å². The largest absolute Gasteiger partial charge is 0.454 e. The number of fused-ring (bicyclic) bond motifs is 1. The highest BCUT2D eigenvalue weighted by atomic mass is 32.2. The molecule has 172 valence electrons. The molecule has 0 saturated heterocycles. The van der Waals surface area contributed by atoms with E-state index >= 15 is 0 Å². The maximum Gasteiger partial charge on any atom is 0.243 e. The third kappa shape index (κ3) is 5.53. The number of nitrogens with one attached hydrogen (secondary N) is 1. The molecule has 1 heterocycles. The zero-order valence-electron chi connectivity index (χ0n) is 18.6. The van der Waals surface area contributed by atoms with E-state index in [1.54, 1.807) is 36.4 Å². The summed E-state index contributed by atoms with van der Waals surface area (Å²) in [7, 11) is -3.88. The Kier molecular flexibility index (Phi) is 6.67. The van der Waals surface area contributed by atoms with Gasteiger partial charge in [0.05, 0.1) is 11.4 Å². The number of hydrogen-bond donors (Lipinski definition) is 1. The Labute approximate surface area is 194 Å². The monoisotopic (exact) mass is 466 g/mol. The van der Waals surface area contributed by atoms with Crippen molar-refractivity contribution in [2.75, 3.05) is 13.3 Å². The molecule has 0 aliphatic carbocycles. The van der Waals surface area contributed by atoms with Gasteiger partial charge in [0.2, 0.25) is 22.7 Å². The SMILES string of the molecule is Cc1ccc(S(=O)(=O)N(CC(=O)NCc2ccc3c(c2)OCO3)Cc2cccc(C)c2)cc1. The average Bonchev–Trinajstić information content (AvgIpc) is 3.25. The van der Waals surface area contributed by atoms with Crippen molar-refractivity contribution in [1.82, 2.24) is 9.62 Å². The standard InChI is InChI=1S/C25H26N2O5S/c1-18-6-9-22(10-7-18)33(29,30)27(15-21-5-3-4-19(2)12-21)16-25(28)26-14-20-8-11-23-24(13-20)32-17-31-23/h3-13H,14-17H2,1-2H3,(H,26,28). The van der Waals surface area contributed by atoms with Gasteiger partial charge >= 0.3 is 0 Å². The van der Waals surface area contributed by atoms with Gasteiger partial charge in [-0.05, 0) is 49.2 Å². The van der Waals surface area contributed by atoms with Crippen LogP contribution in [0, 0.1) is 13.8 Å². The number of carbonyl (C=O) groups excluding carboxylic acids is 1. The molecular formula is C25H26N2O5S. The first-order chi connectivity index (χ1) is 15.8. The Hall–Kier alpha value is -3.36. The van der Waals surface area contributed by atoms with Crippen LogP contribution in [0.5, 0.6) is 11.5 Å². The van der Waals surface area contributed by atoms with Crippen LogP contribution in [-0.2, 0) is 27.9 Å². The summed E-state index contributed by atoms with van der Waals surface area (Å²) in [5, 5.41) is 2.81. The lowest BCUT2D eigenvalue weighted by atomic mass is 10.1. The van der Waals surface area contributed by atoms with E-state index < -0.39 is 15.9 Å². The first kappa shape index (κ1) is 22.8. The third-order valence-electron chi connectivity index (χ3n) is 5.35. The number of carbonyl (C=O) groups is 1. The molecule has 8 heteroatoms. The van der Waals surface area contributed by atoms with Gasteiger partial charge in [-0.2, -0.15) is 4.31 Å². The molecule has 3 aromatic carbocycles. The molecule has 1 aliphatic rings. The second-order valence-corrected chi connectivity index (χ2v) is 9.98. The Morgan fingerprint density at radius 2 is 1.67 bits per heavy atom. The minimum Gasteiger partial charge on any atom is -0.454 e. The molecule has 4 rings (SSSR count). The fourth-order valence-corrected chi connectivity index (χ4v) is 4.95.